The van der Waals surface area contributed by atoms with Crippen molar-refractivity contribution in [2.24, 2.45) is 0 Å². The molecule has 0 saturated carbocycles. The molecule has 66 valence electrons. The lowest BCUT2D eigenvalue weighted by Gasteiger charge is -2.03. The van der Waals surface area contributed by atoms with Crippen LogP contribution in [0.2, 0.25) is 5.02 Å². The van der Waals surface area contributed by atoms with Gasteiger partial charge in [0.2, 0.25) is 0 Å². The van der Waals surface area contributed by atoms with E-state index in [2.05, 4.69) is 0 Å². The van der Waals surface area contributed by atoms with Crippen molar-refractivity contribution in [1.82, 2.24) is 0 Å². The number of rotatable bonds is 1. The number of nitriles is 1. The minimum atomic E-state index is -0.198. The minimum Gasteiger partial charge on any atom is -0.397 e. The smallest absolute Gasteiger partial charge is 0.161 e. The van der Waals surface area contributed by atoms with E-state index in [4.69, 9.17) is 22.6 Å². The third-order valence-corrected chi connectivity index (χ3v) is 1.86. The molecule has 13 heavy (non-hydrogen) atoms. The van der Waals surface area contributed by atoms with Gasteiger partial charge in [-0.2, -0.15) is 5.26 Å². The Morgan fingerprint density at radius 1 is 1.62 bits per heavy atom. The topological polar surface area (TPSA) is 66.9 Å². The second-order valence-electron chi connectivity index (χ2n) is 2.58. The van der Waals surface area contributed by atoms with Crippen molar-refractivity contribution in [2.45, 2.75) is 6.92 Å². The fourth-order valence-corrected chi connectivity index (χ4v) is 1.22. The van der Waals surface area contributed by atoms with Gasteiger partial charge < -0.3 is 5.73 Å². The van der Waals surface area contributed by atoms with Crippen LogP contribution in [0.15, 0.2) is 12.1 Å². The van der Waals surface area contributed by atoms with Gasteiger partial charge in [0, 0.05) is 10.6 Å². The van der Waals surface area contributed by atoms with Gasteiger partial charge in [-0.05, 0) is 19.1 Å². The number of carbonyl (C=O) groups excluding carboxylic acids is 1. The number of benzene rings is 1. The number of Topliss-reactive ketones (excluding diaryl/α,β-unsaturated/α-hetero) is 1. The number of hydrogen-bond acceptors (Lipinski definition) is 3. The molecule has 2 N–H and O–H groups in total. The summed E-state index contributed by atoms with van der Waals surface area (Å²) >= 11 is 5.69. The molecule has 1 aromatic rings. The van der Waals surface area contributed by atoms with Crippen LogP contribution in [-0.2, 0) is 0 Å². The molecule has 3 nitrogen and oxygen atoms in total. The van der Waals surface area contributed by atoms with Crippen LogP contribution in [0, 0.1) is 11.3 Å². The molecule has 0 aromatic heterocycles. The van der Waals surface area contributed by atoms with E-state index in [9.17, 15) is 4.79 Å². The number of hydrogen-bond donors (Lipinski definition) is 1. The van der Waals surface area contributed by atoms with Crippen LogP contribution in [0.1, 0.15) is 22.8 Å². The maximum absolute atomic E-state index is 11.0. The zero-order chi connectivity index (χ0) is 10.0. The number of ketones is 1. The monoisotopic (exact) mass is 194 g/mol. The summed E-state index contributed by atoms with van der Waals surface area (Å²) in [5.74, 6) is -0.198. The first-order valence-electron chi connectivity index (χ1n) is 3.56. The molecule has 0 spiro atoms. The number of carbonyl (C=O) groups is 1. The summed E-state index contributed by atoms with van der Waals surface area (Å²) in [5.41, 5.74) is 6.28. The van der Waals surface area contributed by atoms with Crippen LogP contribution in [0.5, 0.6) is 0 Å². The predicted octanol–water partition coefficient (Wildman–Crippen LogP) is 2.00. The van der Waals surface area contributed by atoms with Gasteiger partial charge in [-0.15, -0.1) is 0 Å². The van der Waals surface area contributed by atoms with Crippen LogP contribution >= 0.6 is 11.6 Å². The van der Waals surface area contributed by atoms with Crippen molar-refractivity contribution in [2.75, 3.05) is 5.73 Å². The number of anilines is 1. The van der Waals surface area contributed by atoms with Gasteiger partial charge >= 0.3 is 0 Å². The van der Waals surface area contributed by atoms with Crippen LogP contribution in [0.25, 0.3) is 0 Å². The van der Waals surface area contributed by atoms with Gasteiger partial charge in [0.15, 0.2) is 5.78 Å². The van der Waals surface area contributed by atoms with E-state index in [0.29, 0.717) is 10.6 Å². The average Bonchev–Trinajstić information content (AvgIpc) is 2.08. The fourth-order valence-electron chi connectivity index (χ4n) is 1.00. The summed E-state index contributed by atoms with van der Waals surface area (Å²) in [5, 5.41) is 8.99. The molecule has 0 amide bonds. The quantitative estimate of drug-likeness (QED) is 0.549. The van der Waals surface area contributed by atoms with Gasteiger partial charge in [-0.25, -0.2) is 0 Å². The Balaban J connectivity index is 3.47. The molecule has 0 saturated heterocycles. The van der Waals surface area contributed by atoms with Gasteiger partial charge in [0.1, 0.15) is 6.07 Å². The molecule has 0 unspecified atom stereocenters. The van der Waals surface area contributed by atoms with Gasteiger partial charge in [0.25, 0.3) is 0 Å². The van der Waals surface area contributed by atoms with E-state index in [1.54, 1.807) is 0 Å². The van der Waals surface area contributed by atoms with E-state index in [0.717, 1.165) is 0 Å². The van der Waals surface area contributed by atoms with Crippen LogP contribution in [-0.4, -0.2) is 5.78 Å². The first kappa shape index (κ1) is 9.56. The molecule has 0 aliphatic carbocycles. The third-order valence-electron chi connectivity index (χ3n) is 1.64. The largest absolute Gasteiger partial charge is 0.397 e. The van der Waals surface area contributed by atoms with Gasteiger partial charge in [0.05, 0.1) is 11.3 Å². The Morgan fingerprint density at radius 2 is 2.23 bits per heavy atom. The predicted molar refractivity (Wildman–Crippen MR) is 50.6 cm³/mol. The Kier molecular flexibility index (Phi) is 2.54. The molecule has 0 aliphatic heterocycles. The first-order chi connectivity index (χ1) is 6.06. The molecule has 0 heterocycles. The van der Waals surface area contributed by atoms with Crippen molar-refractivity contribution in [3.8, 4) is 6.07 Å². The molecule has 1 aromatic carbocycles. The van der Waals surface area contributed by atoms with E-state index in [1.807, 2.05) is 6.07 Å². The molecule has 0 radical (unpaired) electrons. The van der Waals surface area contributed by atoms with Crippen LogP contribution < -0.4 is 5.73 Å². The Bertz CT molecular complexity index is 407. The summed E-state index contributed by atoms with van der Waals surface area (Å²) in [4.78, 5) is 11.0. The number of nitrogen functional groups attached to an aromatic ring is 1. The molecule has 1 rings (SSSR count). The van der Waals surface area contributed by atoms with E-state index >= 15 is 0 Å². The van der Waals surface area contributed by atoms with E-state index in [1.165, 1.54) is 19.1 Å². The maximum Gasteiger partial charge on any atom is 0.161 e. The lowest BCUT2D eigenvalue weighted by molar-refractivity contribution is 0.101. The summed E-state index contributed by atoms with van der Waals surface area (Å²) in [6.45, 7) is 1.38. The van der Waals surface area contributed by atoms with Crippen molar-refractivity contribution >= 4 is 23.1 Å². The van der Waals surface area contributed by atoms with Crippen molar-refractivity contribution in [3.63, 3.8) is 0 Å². The summed E-state index contributed by atoms with van der Waals surface area (Å²) in [7, 11) is 0. The number of nitrogens with two attached hydrogens (primary N) is 1. The number of nitrogens with zero attached hydrogens (tertiary/aromatic N) is 1. The van der Waals surface area contributed by atoms with E-state index in [-0.39, 0.29) is 17.0 Å². The first-order valence-corrected chi connectivity index (χ1v) is 3.94. The van der Waals surface area contributed by atoms with Crippen molar-refractivity contribution < 1.29 is 4.79 Å². The lowest BCUT2D eigenvalue weighted by Crippen LogP contribution is -2.02. The maximum atomic E-state index is 11.0. The standard InChI is InChI=1S/C9H7ClN2O/c1-5(13)8-3-7(10)2-6(4-11)9(8)12/h2-3H,12H2,1H3. The highest BCUT2D eigenvalue weighted by molar-refractivity contribution is 6.31. The highest BCUT2D eigenvalue weighted by Gasteiger charge is 2.10. The van der Waals surface area contributed by atoms with Crippen LogP contribution in [0.3, 0.4) is 0 Å². The molecule has 0 bridgehead atoms. The van der Waals surface area contributed by atoms with Crippen molar-refractivity contribution in [3.05, 3.63) is 28.3 Å². The third kappa shape index (κ3) is 1.79. The zero-order valence-electron chi connectivity index (χ0n) is 6.97. The Morgan fingerprint density at radius 3 is 2.69 bits per heavy atom. The molecular weight excluding hydrogens is 188 g/mol. The molecule has 0 aliphatic rings. The zero-order valence-corrected chi connectivity index (χ0v) is 7.72. The summed E-state index contributed by atoms with van der Waals surface area (Å²) < 4.78 is 0. The second-order valence-corrected chi connectivity index (χ2v) is 3.02. The highest BCUT2D eigenvalue weighted by Crippen LogP contribution is 2.22. The molecule has 0 atom stereocenters. The lowest BCUT2D eigenvalue weighted by atomic mass is 10.1. The SMILES string of the molecule is CC(=O)c1cc(Cl)cc(C#N)c1N. The fraction of sp³-hybridized carbons (Fsp3) is 0.111. The minimum absolute atomic E-state index is 0.194. The van der Waals surface area contributed by atoms with E-state index < -0.39 is 0 Å². The molecule has 4 heteroatoms. The number of halogens is 1. The summed E-state index contributed by atoms with van der Waals surface area (Å²) in [6, 6.07) is 4.76. The molecular formula is C9H7ClN2O. The Labute approximate surface area is 80.7 Å². The van der Waals surface area contributed by atoms with Crippen molar-refractivity contribution in [1.29, 1.82) is 5.26 Å². The Hall–Kier alpha value is -1.53. The van der Waals surface area contributed by atoms with Gasteiger partial charge in [-0.1, -0.05) is 11.6 Å². The summed E-state index contributed by atoms with van der Waals surface area (Å²) in [6.07, 6.45) is 0. The highest BCUT2D eigenvalue weighted by atomic mass is 35.5. The molecule has 0 fully saturated rings. The normalized spacial score (nSPS) is 9.31. The van der Waals surface area contributed by atoms with Crippen LogP contribution in [0.4, 0.5) is 5.69 Å². The van der Waals surface area contributed by atoms with Gasteiger partial charge in [-0.3, -0.25) is 4.79 Å². The second kappa shape index (κ2) is 3.46. The average molecular weight is 195 g/mol.